The number of amides is 2. The number of ether oxygens (including phenoxy) is 2. The van der Waals surface area contributed by atoms with Gasteiger partial charge in [0.05, 0.1) is 28.4 Å². The SMILES string of the molecule is COc1cc(/C=C2\C(=O)N(c3ccccc3)N=C2c2ccccc2)ccc1OCC(=O)Nc1ccc(Cl)c(Cl)c1. The number of carbonyl (C=O) groups excluding carboxylic acids is 2. The maximum absolute atomic E-state index is 13.5. The summed E-state index contributed by atoms with van der Waals surface area (Å²) in [6.45, 7) is -0.258. The van der Waals surface area contributed by atoms with Gasteiger partial charge in [-0.05, 0) is 54.1 Å². The van der Waals surface area contributed by atoms with E-state index in [2.05, 4.69) is 10.4 Å². The van der Waals surface area contributed by atoms with Crippen LogP contribution in [0.2, 0.25) is 10.0 Å². The second kappa shape index (κ2) is 12.1. The monoisotopic (exact) mass is 571 g/mol. The van der Waals surface area contributed by atoms with Gasteiger partial charge in [-0.15, -0.1) is 0 Å². The van der Waals surface area contributed by atoms with Gasteiger partial charge in [-0.2, -0.15) is 10.1 Å². The summed E-state index contributed by atoms with van der Waals surface area (Å²) < 4.78 is 11.2. The Hall–Kier alpha value is -4.59. The third-order valence-corrected chi connectivity index (χ3v) is 6.73. The number of methoxy groups -OCH3 is 1. The highest BCUT2D eigenvalue weighted by atomic mass is 35.5. The molecular weight excluding hydrogens is 549 g/mol. The van der Waals surface area contributed by atoms with E-state index in [1.807, 2.05) is 60.7 Å². The molecule has 7 nitrogen and oxygen atoms in total. The highest BCUT2D eigenvalue weighted by molar-refractivity contribution is 6.42. The quantitative estimate of drug-likeness (QED) is 0.234. The van der Waals surface area contributed by atoms with E-state index >= 15 is 0 Å². The summed E-state index contributed by atoms with van der Waals surface area (Å²) in [5.74, 6) is 0.144. The summed E-state index contributed by atoms with van der Waals surface area (Å²) in [6, 6.07) is 28.8. The summed E-state index contributed by atoms with van der Waals surface area (Å²) in [7, 11) is 1.50. The fourth-order valence-corrected chi connectivity index (χ4v) is 4.37. The number of anilines is 2. The van der Waals surface area contributed by atoms with E-state index in [1.165, 1.54) is 12.1 Å². The minimum atomic E-state index is -0.382. The zero-order valence-electron chi connectivity index (χ0n) is 21.3. The average molecular weight is 572 g/mol. The molecule has 0 fully saturated rings. The lowest BCUT2D eigenvalue weighted by Crippen LogP contribution is -2.21. The topological polar surface area (TPSA) is 80.2 Å². The Labute approximate surface area is 241 Å². The van der Waals surface area contributed by atoms with E-state index in [4.69, 9.17) is 32.7 Å². The van der Waals surface area contributed by atoms with Crippen LogP contribution in [0.5, 0.6) is 11.5 Å². The van der Waals surface area contributed by atoms with Gasteiger partial charge in [-0.1, -0.05) is 77.8 Å². The molecule has 0 saturated carbocycles. The molecule has 5 rings (SSSR count). The van der Waals surface area contributed by atoms with Crippen molar-refractivity contribution in [3.8, 4) is 11.5 Å². The Balaban J connectivity index is 1.37. The number of benzene rings is 4. The number of para-hydroxylation sites is 1. The summed E-state index contributed by atoms with van der Waals surface area (Å²) in [4.78, 5) is 25.9. The first-order valence-corrected chi connectivity index (χ1v) is 13.0. The van der Waals surface area contributed by atoms with E-state index in [0.29, 0.717) is 49.8 Å². The molecule has 9 heteroatoms. The van der Waals surface area contributed by atoms with E-state index < -0.39 is 0 Å². The fourth-order valence-electron chi connectivity index (χ4n) is 4.07. The van der Waals surface area contributed by atoms with Crippen molar-refractivity contribution in [3.63, 3.8) is 0 Å². The molecule has 2 amide bonds. The molecule has 0 atom stereocenters. The number of rotatable bonds is 8. The second-order valence-corrected chi connectivity index (χ2v) is 9.52. The van der Waals surface area contributed by atoms with E-state index in [9.17, 15) is 9.59 Å². The minimum Gasteiger partial charge on any atom is -0.493 e. The van der Waals surface area contributed by atoms with Gasteiger partial charge in [0.15, 0.2) is 18.1 Å². The molecule has 4 aromatic rings. The third kappa shape index (κ3) is 6.01. The Morgan fingerprint density at radius 1 is 0.900 bits per heavy atom. The number of nitrogens with zero attached hydrogens (tertiary/aromatic N) is 2. The Morgan fingerprint density at radius 2 is 1.62 bits per heavy atom. The van der Waals surface area contributed by atoms with Gasteiger partial charge in [0.2, 0.25) is 0 Å². The van der Waals surface area contributed by atoms with Crippen LogP contribution in [-0.4, -0.2) is 31.2 Å². The summed E-state index contributed by atoms with van der Waals surface area (Å²) in [6.07, 6.45) is 1.76. The van der Waals surface area contributed by atoms with Crippen LogP contribution in [0.1, 0.15) is 11.1 Å². The van der Waals surface area contributed by atoms with Gasteiger partial charge in [-0.25, -0.2) is 0 Å². The predicted molar refractivity (Wildman–Crippen MR) is 158 cm³/mol. The first kappa shape index (κ1) is 27.0. The fraction of sp³-hybridized carbons (Fsp3) is 0.0645. The second-order valence-electron chi connectivity index (χ2n) is 8.70. The molecule has 1 N–H and O–H groups in total. The van der Waals surface area contributed by atoms with Gasteiger partial charge in [0, 0.05) is 11.3 Å². The van der Waals surface area contributed by atoms with Crippen molar-refractivity contribution in [1.82, 2.24) is 0 Å². The number of hydrazone groups is 1. The van der Waals surface area contributed by atoms with Crippen molar-refractivity contribution in [2.24, 2.45) is 5.10 Å². The number of carbonyl (C=O) groups is 2. The molecule has 0 aromatic heterocycles. The molecule has 40 heavy (non-hydrogen) atoms. The molecular formula is C31H23Cl2N3O4. The highest BCUT2D eigenvalue weighted by Gasteiger charge is 2.32. The number of hydrogen-bond acceptors (Lipinski definition) is 5. The summed E-state index contributed by atoms with van der Waals surface area (Å²) in [5, 5.41) is 9.49. The van der Waals surface area contributed by atoms with Crippen molar-refractivity contribution in [1.29, 1.82) is 0 Å². The largest absolute Gasteiger partial charge is 0.493 e. The van der Waals surface area contributed by atoms with E-state index in [0.717, 1.165) is 5.56 Å². The van der Waals surface area contributed by atoms with Crippen LogP contribution >= 0.6 is 23.2 Å². The number of hydrogen-bond donors (Lipinski definition) is 1. The molecule has 4 aromatic carbocycles. The molecule has 200 valence electrons. The molecule has 1 aliphatic heterocycles. The maximum atomic E-state index is 13.5. The van der Waals surface area contributed by atoms with Crippen molar-refractivity contribution >= 4 is 58.2 Å². The van der Waals surface area contributed by atoms with Crippen LogP contribution in [0.15, 0.2) is 108 Å². The molecule has 0 spiro atoms. The summed E-state index contributed by atoms with van der Waals surface area (Å²) in [5.41, 5.74) is 3.69. The van der Waals surface area contributed by atoms with Crippen LogP contribution in [0.25, 0.3) is 6.08 Å². The molecule has 1 heterocycles. The van der Waals surface area contributed by atoms with Crippen LogP contribution < -0.4 is 19.8 Å². The predicted octanol–water partition coefficient (Wildman–Crippen LogP) is 6.85. The van der Waals surface area contributed by atoms with Gasteiger partial charge in [-0.3, -0.25) is 9.59 Å². The van der Waals surface area contributed by atoms with Gasteiger partial charge >= 0.3 is 0 Å². The Morgan fingerprint density at radius 3 is 2.33 bits per heavy atom. The van der Waals surface area contributed by atoms with E-state index in [-0.39, 0.29) is 18.4 Å². The molecule has 1 aliphatic rings. The zero-order valence-corrected chi connectivity index (χ0v) is 22.8. The third-order valence-electron chi connectivity index (χ3n) is 5.99. The molecule has 0 radical (unpaired) electrons. The van der Waals surface area contributed by atoms with Crippen molar-refractivity contribution < 1.29 is 19.1 Å². The van der Waals surface area contributed by atoms with Gasteiger partial charge in [0.25, 0.3) is 11.8 Å². The van der Waals surface area contributed by atoms with Gasteiger partial charge < -0.3 is 14.8 Å². The van der Waals surface area contributed by atoms with Crippen LogP contribution in [-0.2, 0) is 9.59 Å². The average Bonchev–Trinajstić information content (AvgIpc) is 3.30. The molecule has 0 saturated heterocycles. The standard InChI is InChI=1S/C31H23Cl2N3O4/c1-39-28-17-20(12-15-27(28)40-19-29(37)34-22-13-14-25(32)26(33)18-22)16-24-30(21-8-4-2-5-9-21)35-36(31(24)38)23-10-6-3-7-11-23/h2-18H,19H2,1H3,(H,34,37)/b24-16-. The molecule has 0 bridgehead atoms. The first-order valence-electron chi connectivity index (χ1n) is 12.2. The van der Waals surface area contributed by atoms with Crippen molar-refractivity contribution in [2.75, 3.05) is 24.0 Å². The minimum absolute atomic E-state index is 0.247. The molecule has 0 aliphatic carbocycles. The first-order chi connectivity index (χ1) is 19.4. The zero-order chi connectivity index (χ0) is 28.1. The van der Waals surface area contributed by atoms with E-state index in [1.54, 1.807) is 42.5 Å². The number of nitrogens with one attached hydrogen (secondary N) is 1. The molecule has 0 unspecified atom stereocenters. The van der Waals surface area contributed by atoms with Crippen LogP contribution in [0, 0.1) is 0 Å². The maximum Gasteiger partial charge on any atom is 0.281 e. The van der Waals surface area contributed by atoms with Gasteiger partial charge in [0.1, 0.15) is 5.71 Å². The smallest absolute Gasteiger partial charge is 0.281 e. The summed E-state index contributed by atoms with van der Waals surface area (Å²) >= 11 is 11.9. The highest BCUT2D eigenvalue weighted by Crippen LogP contribution is 2.32. The van der Waals surface area contributed by atoms with Crippen LogP contribution in [0.3, 0.4) is 0 Å². The lowest BCUT2D eigenvalue weighted by Gasteiger charge is -2.12. The lowest BCUT2D eigenvalue weighted by molar-refractivity contribution is -0.118. The number of halogens is 2. The van der Waals surface area contributed by atoms with Crippen LogP contribution in [0.4, 0.5) is 11.4 Å². The lowest BCUT2D eigenvalue weighted by atomic mass is 10.00. The normalized spacial score (nSPS) is 13.8. The van der Waals surface area contributed by atoms with Crippen molar-refractivity contribution in [3.05, 3.63) is 124 Å². The Bertz CT molecular complexity index is 1620. The Kier molecular flexibility index (Phi) is 8.15. The van der Waals surface area contributed by atoms with Crippen molar-refractivity contribution in [2.45, 2.75) is 0 Å².